The van der Waals surface area contributed by atoms with Crippen LogP contribution < -0.4 is 14.8 Å². The summed E-state index contributed by atoms with van der Waals surface area (Å²) >= 11 is 0. The monoisotopic (exact) mass is 401 g/mol. The van der Waals surface area contributed by atoms with Gasteiger partial charge in [0.1, 0.15) is 5.76 Å². The van der Waals surface area contributed by atoms with Gasteiger partial charge in [-0.1, -0.05) is 11.2 Å². The number of piperidine rings is 1. The summed E-state index contributed by atoms with van der Waals surface area (Å²) < 4.78 is 15.9. The summed E-state index contributed by atoms with van der Waals surface area (Å²) in [5.74, 6) is 2.40. The quantitative estimate of drug-likeness (QED) is 0.733. The topological polar surface area (TPSA) is 76.8 Å². The second-order valence-corrected chi connectivity index (χ2v) is 7.61. The molecule has 158 valence electrons. The number of methoxy groups -OCH3 is 2. The van der Waals surface area contributed by atoms with Gasteiger partial charge in [0.15, 0.2) is 11.5 Å². The van der Waals surface area contributed by atoms with E-state index in [-0.39, 0.29) is 11.9 Å². The summed E-state index contributed by atoms with van der Waals surface area (Å²) in [5.41, 5.74) is 3.12. The highest BCUT2D eigenvalue weighted by Gasteiger charge is 2.21. The van der Waals surface area contributed by atoms with E-state index in [1.807, 2.05) is 26.0 Å². The van der Waals surface area contributed by atoms with Gasteiger partial charge in [-0.3, -0.25) is 9.69 Å². The molecule has 1 N–H and O–H groups in total. The van der Waals surface area contributed by atoms with Crippen LogP contribution in [0.2, 0.25) is 0 Å². The third kappa shape index (κ3) is 5.50. The number of aromatic nitrogens is 1. The largest absolute Gasteiger partial charge is 0.493 e. The van der Waals surface area contributed by atoms with Crippen LogP contribution in [0.5, 0.6) is 11.5 Å². The number of carbonyl (C=O) groups excluding carboxylic acids is 1. The van der Waals surface area contributed by atoms with E-state index < -0.39 is 0 Å². The summed E-state index contributed by atoms with van der Waals surface area (Å²) in [7, 11) is 3.30. The first-order valence-electron chi connectivity index (χ1n) is 10.1. The normalized spacial score (nSPS) is 15.3. The fourth-order valence-corrected chi connectivity index (χ4v) is 3.87. The van der Waals surface area contributed by atoms with E-state index in [0.717, 1.165) is 61.0 Å². The fourth-order valence-electron chi connectivity index (χ4n) is 3.87. The lowest BCUT2D eigenvalue weighted by atomic mass is 10.0. The molecule has 1 amide bonds. The highest BCUT2D eigenvalue weighted by Crippen LogP contribution is 2.28. The Balaban J connectivity index is 1.43. The maximum atomic E-state index is 12.3. The van der Waals surface area contributed by atoms with Crippen molar-refractivity contribution in [2.24, 2.45) is 0 Å². The second kappa shape index (κ2) is 9.78. The fraction of sp³-hybridized carbons (Fsp3) is 0.545. The van der Waals surface area contributed by atoms with Crippen LogP contribution in [-0.4, -0.2) is 49.3 Å². The number of aryl methyl sites for hydroxylation is 2. The minimum Gasteiger partial charge on any atom is -0.493 e. The van der Waals surface area contributed by atoms with Crippen LogP contribution in [0.3, 0.4) is 0 Å². The molecule has 1 aliphatic rings. The predicted octanol–water partition coefficient (Wildman–Crippen LogP) is 3.02. The van der Waals surface area contributed by atoms with E-state index in [2.05, 4.69) is 21.4 Å². The first kappa shape index (κ1) is 21.2. The van der Waals surface area contributed by atoms with E-state index in [1.54, 1.807) is 14.2 Å². The van der Waals surface area contributed by atoms with Crippen molar-refractivity contribution in [1.29, 1.82) is 0 Å². The number of benzene rings is 1. The van der Waals surface area contributed by atoms with Gasteiger partial charge in [-0.25, -0.2) is 0 Å². The Morgan fingerprint density at radius 3 is 2.55 bits per heavy atom. The standard InChI is InChI=1S/C22H31N3O4/c1-15-19(16(2)29-24-15)6-8-22(26)23-18-9-11-25(12-10-18)14-17-5-7-20(27-3)21(13-17)28-4/h5,7,13,18H,6,8-12,14H2,1-4H3,(H,23,26). The number of nitrogens with one attached hydrogen (secondary N) is 1. The second-order valence-electron chi connectivity index (χ2n) is 7.61. The number of rotatable bonds is 8. The van der Waals surface area contributed by atoms with Crippen molar-refractivity contribution in [2.45, 2.75) is 52.1 Å². The maximum absolute atomic E-state index is 12.3. The number of hydrogen-bond acceptors (Lipinski definition) is 6. The number of ether oxygens (including phenoxy) is 2. The maximum Gasteiger partial charge on any atom is 0.220 e. The molecule has 0 aliphatic carbocycles. The zero-order valence-electron chi connectivity index (χ0n) is 17.8. The summed E-state index contributed by atoms with van der Waals surface area (Å²) in [4.78, 5) is 14.7. The number of nitrogens with zero attached hydrogens (tertiary/aromatic N) is 2. The molecule has 0 bridgehead atoms. The molecule has 7 nitrogen and oxygen atoms in total. The van der Waals surface area contributed by atoms with Crippen molar-refractivity contribution < 1.29 is 18.8 Å². The Labute approximate surface area is 172 Å². The van der Waals surface area contributed by atoms with Crippen LogP contribution in [0.25, 0.3) is 0 Å². The highest BCUT2D eigenvalue weighted by atomic mass is 16.5. The molecule has 0 atom stereocenters. The zero-order valence-corrected chi connectivity index (χ0v) is 17.8. The van der Waals surface area contributed by atoms with Gasteiger partial charge in [-0.05, 0) is 50.8 Å². The Hall–Kier alpha value is -2.54. The van der Waals surface area contributed by atoms with Gasteiger partial charge < -0.3 is 19.3 Å². The Bertz CT molecular complexity index is 806. The Morgan fingerprint density at radius 2 is 1.93 bits per heavy atom. The van der Waals surface area contributed by atoms with E-state index in [1.165, 1.54) is 5.56 Å². The minimum absolute atomic E-state index is 0.100. The number of amides is 1. The van der Waals surface area contributed by atoms with Crippen LogP contribution in [0.1, 0.15) is 41.8 Å². The molecule has 1 aliphatic heterocycles. The number of likely N-dealkylation sites (tertiary alicyclic amines) is 1. The van der Waals surface area contributed by atoms with Crippen molar-refractivity contribution in [3.8, 4) is 11.5 Å². The van der Waals surface area contributed by atoms with Crippen molar-refractivity contribution in [3.05, 3.63) is 40.8 Å². The lowest BCUT2D eigenvalue weighted by Gasteiger charge is -2.32. The van der Waals surface area contributed by atoms with Crippen molar-refractivity contribution in [1.82, 2.24) is 15.4 Å². The summed E-state index contributed by atoms with van der Waals surface area (Å²) in [6, 6.07) is 6.29. The third-order valence-corrected chi connectivity index (χ3v) is 5.59. The molecule has 3 rings (SSSR count). The van der Waals surface area contributed by atoms with Crippen LogP contribution in [0, 0.1) is 13.8 Å². The summed E-state index contributed by atoms with van der Waals surface area (Å²) in [6.45, 7) is 6.60. The van der Waals surface area contributed by atoms with E-state index in [0.29, 0.717) is 12.8 Å². The molecule has 0 unspecified atom stereocenters. The minimum atomic E-state index is 0.100. The molecule has 2 heterocycles. The molecular formula is C22H31N3O4. The van der Waals surface area contributed by atoms with Crippen LogP contribution in [0.4, 0.5) is 0 Å². The third-order valence-electron chi connectivity index (χ3n) is 5.59. The first-order valence-corrected chi connectivity index (χ1v) is 10.1. The SMILES string of the molecule is COc1ccc(CN2CCC(NC(=O)CCc3c(C)noc3C)CC2)cc1OC. The van der Waals surface area contributed by atoms with Crippen LogP contribution in [-0.2, 0) is 17.8 Å². The van der Waals surface area contributed by atoms with E-state index in [4.69, 9.17) is 14.0 Å². The van der Waals surface area contributed by atoms with Gasteiger partial charge in [0.2, 0.25) is 5.91 Å². The lowest BCUT2D eigenvalue weighted by molar-refractivity contribution is -0.122. The van der Waals surface area contributed by atoms with Gasteiger partial charge in [0, 0.05) is 37.7 Å². The van der Waals surface area contributed by atoms with E-state index in [9.17, 15) is 4.79 Å². The van der Waals surface area contributed by atoms with Gasteiger partial charge in [0.05, 0.1) is 19.9 Å². The molecule has 1 saturated heterocycles. The number of hydrogen-bond donors (Lipinski definition) is 1. The van der Waals surface area contributed by atoms with Gasteiger partial charge in [-0.2, -0.15) is 0 Å². The summed E-state index contributed by atoms with van der Waals surface area (Å²) in [6.07, 6.45) is 3.06. The molecule has 2 aromatic rings. The molecular weight excluding hydrogens is 370 g/mol. The molecule has 1 aromatic carbocycles. The van der Waals surface area contributed by atoms with Crippen LogP contribution in [0.15, 0.2) is 22.7 Å². The molecule has 0 saturated carbocycles. The van der Waals surface area contributed by atoms with Gasteiger partial charge in [0.25, 0.3) is 0 Å². The lowest BCUT2D eigenvalue weighted by Crippen LogP contribution is -2.44. The van der Waals surface area contributed by atoms with Crippen molar-refractivity contribution in [2.75, 3.05) is 27.3 Å². The summed E-state index contributed by atoms with van der Waals surface area (Å²) in [5, 5.41) is 7.13. The van der Waals surface area contributed by atoms with Crippen LogP contribution >= 0.6 is 0 Å². The number of carbonyl (C=O) groups is 1. The average Bonchev–Trinajstić information content (AvgIpc) is 3.05. The Morgan fingerprint density at radius 1 is 1.21 bits per heavy atom. The molecule has 29 heavy (non-hydrogen) atoms. The van der Waals surface area contributed by atoms with Gasteiger partial charge >= 0.3 is 0 Å². The molecule has 7 heteroatoms. The average molecular weight is 402 g/mol. The smallest absolute Gasteiger partial charge is 0.220 e. The zero-order chi connectivity index (χ0) is 20.8. The molecule has 0 spiro atoms. The molecule has 1 aromatic heterocycles. The van der Waals surface area contributed by atoms with Crippen molar-refractivity contribution >= 4 is 5.91 Å². The first-order chi connectivity index (χ1) is 14.0. The Kier molecular flexibility index (Phi) is 7.14. The predicted molar refractivity (Wildman–Crippen MR) is 110 cm³/mol. The highest BCUT2D eigenvalue weighted by molar-refractivity contribution is 5.76. The van der Waals surface area contributed by atoms with Crippen molar-refractivity contribution in [3.63, 3.8) is 0 Å². The van der Waals surface area contributed by atoms with Gasteiger partial charge in [-0.15, -0.1) is 0 Å². The molecule has 0 radical (unpaired) electrons. The van der Waals surface area contributed by atoms with E-state index >= 15 is 0 Å². The molecule has 1 fully saturated rings.